The first kappa shape index (κ1) is 16.7. The molecule has 0 heterocycles. The quantitative estimate of drug-likeness (QED) is 0.677. The molecule has 0 spiro atoms. The summed E-state index contributed by atoms with van der Waals surface area (Å²) >= 11 is 0. The van der Waals surface area contributed by atoms with E-state index in [9.17, 15) is 4.79 Å². The lowest BCUT2D eigenvalue weighted by Gasteiger charge is -2.21. The number of carboxylic acid groups (broad SMARTS) is 1. The number of carbonyl (C=O) groups is 1. The minimum Gasteiger partial charge on any atom is -0.481 e. The summed E-state index contributed by atoms with van der Waals surface area (Å²) in [5.41, 5.74) is 0.708. The van der Waals surface area contributed by atoms with Crippen LogP contribution in [0.25, 0.3) is 0 Å². The summed E-state index contributed by atoms with van der Waals surface area (Å²) in [5, 5.41) is 12.5. The Labute approximate surface area is 122 Å². The summed E-state index contributed by atoms with van der Waals surface area (Å²) in [7, 11) is 0. The molecular weight excluding hydrogens is 250 g/mol. The molecule has 0 aliphatic rings. The summed E-state index contributed by atoms with van der Waals surface area (Å²) in [5.74, 6) is -0.221. The van der Waals surface area contributed by atoms with E-state index in [1.165, 1.54) is 5.56 Å². The van der Waals surface area contributed by atoms with Gasteiger partial charge in [0.2, 0.25) is 0 Å². The summed E-state index contributed by atoms with van der Waals surface area (Å²) in [6.45, 7) is 7.40. The van der Waals surface area contributed by atoms with Crippen LogP contribution in [-0.4, -0.2) is 24.2 Å². The van der Waals surface area contributed by atoms with Crippen molar-refractivity contribution < 1.29 is 9.90 Å². The van der Waals surface area contributed by atoms with Crippen molar-refractivity contribution in [3.63, 3.8) is 0 Å². The maximum absolute atomic E-state index is 11.0. The third-order valence-electron chi connectivity index (χ3n) is 3.80. The van der Waals surface area contributed by atoms with E-state index < -0.39 is 11.4 Å². The van der Waals surface area contributed by atoms with E-state index in [4.69, 9.17) is 5.11 Å². The Morgan fingerprint density at radius 3 is 2.50 bits per heavy atom. The van der Waals surface area contributed by atoms with Gasteiger partial charge in [-0.15, -0.1) is 0 Å². The molecule has 20 heavy (non-hydrogen) atoms. The van der Waals surface area contributed by atoms with Crippen LogP contribution in [0, 0.1) is 5.41 Å². The monoisotopic (exact) mass is 277 g/mol. The number of aliphatic carboxylic acids is 1. The Kier molecular flexibility index (Phi) is 6.73. The van der Waals surface area contributed by atoms with Crippen molar-refractivity contribution in [2.24, 2.45) is 5.41 Å². The lowest BCUT2D eigenvalue weighted by Crippen LogP contribution is -2.30. The zero-order valence-corrected chi connectivity index (χ0v) is 12.9. The zero-order valence-electron chi connectivity index (χ0n) is 12.9. The lowest BCUT2D eigenvalue weighted by molar-refractivity contribution is -0.147. The van der Waals surface area contributed by atoms with Gasteiger partial charge < -0.3 is 10.4 Å². The second-order valence-corrected chi connectivity index (χ2v) is 6.04. The van der Waals surface area contributed by atoms with Crippen LogP contribution < -0.4 is 5.32 Å². The molecule has 2 N–H and O–H groups in total. The minimum absolute atomic E-state index is 0.508. The van der Waals surface area contributed by atoms with Crippen molar-refractivity contribution >= 4 is 5.97 Å². The Morgan fingerprint density at radius 1 is 1.30 bits per heavy atom. The average Bonchev–Trinajstić information content (AvgIpc) is 2.43. The number of carboxylic acids is 1. The van der Waals surface area contributed by atoms with Gasteiger partial charge in [0, 0.05) is 6.54 Å². The number of hydrogen-bond acceptors (Lipinski definition) is 2. The Balaban J connectivity index is 2.43. The van der Waals surface area contributed by atoms with Crippen LogP contribution in [0.15, 0.2) is 30.3 Å². The van der Waals surface area contributed by atoms with Crippen molar-refractivity contribution in [1.82, 2.24) is 5.32 Å². The normalized spacial score (nSPS) is 13.2. The van der Waals surface area contributed by atoms with Gasteiger partial charge in [0.15, 0.2) is 0 Å². The van der Waals surface area contributed by atoms with E-state index >= 15 is 0 Å². The highest BCUT2D eigenvalue weighted by atomic mass is 16.4. The fraction of sp³-hybridized carbons (Fsp3) is 0.588. The maximum Gasteiger partial charge on any atom is 0.309 e. The summed E-state index contributed by atoms with van der Waals surface area (Å²) < 4.78 is 0. The third kappa shape index (κ3) is 5.33. The molecule has 112 valence electrons. The first-order valence-corrected chi connectivity index (χ1v) is 7.46. The highest BCUT2D eigenvalue weighted by Crippen LogP contribution is 2.21. The van der Waals surface area contributed by atoms with Crippen LogP contribution in [0.4, 0.5) is 0 Å². The van der Waals surface area contributed by atoms with E-state index in [1.54, 1.807) is 13.8 Å². The molecule has 0 saturated heterocycles. The van der Waals surface area contributed by atoms with E-state index in [1.807, 2.05) is 6.07 Å². The number of rotatable bonds is 9. The average molecular weight is 277 g/mol. The van der Waals surface area contributed by atoms with Gasteiger partial charge in [-0.05, 0) is 44.7 Å². The van der Waals surface area contributed by atoms with Crippen LogP contribution in [0.2, 0.25) is 0 Å². The fourth-order valence-corrected chi connectivity index (χ4v) is 2.24. The van der Waals surface area contributed by atoms with Gasteiger partial charge in [0.05, 0.1) is 5.41 Å². The summed E-state index contributed by atoms with van der Waals surface area (Å²) in [6.07, 6.45) is 2.96. The number of hydrogen-bond donors (Lipinski definition) is 2. The molecule has 1 aromatic carbocycles. The molecule has 1 unspecified atom stereocenters. The molecule has 0 saturated carbocycles. The molecule has 0 aliphatic heterocycles. The standard InChI is InChI=1S/C17H27NO2/c1-4-8-15(14-9-6-5-7-10-14)13-18-12-11-17(2,3)16(19)20/h5-7,9-10,15,18H,4,8,11-13H2,1-3H3,(H,19,20). The minimum atomic E-state index is -0.729. The van der Waals surface area contributed by atoms with Crippen LogP contribution >= 0.6 is 0 Å². The number of benzene rings is 1. The van der Waals surface area contributed by atoms with E-state index in [0.29, 0.717) is 12.3 Å². The van der Waals surface area contributed by atoms with Gasteiger partial charge in [-0.3, -0.25) is 4.79 Å². The molecule has 0 aromatic heterocycles. The largest absolute Gasteiger partial charge is 0.481 e. The second kappa shape index (κ2) is 8.05. The van der Waals surface area contributed by atoms with Crippen LogP contribution in [0.5, 0.6) is 0 Å². The van der Waals surface area contributed by atoms with Crippen LogP contribution in [0.3, 0.4) is 0 Å². The summed E-state index contributed by atoms with van der Waals surface area (Å²) in [4.78, 5) is 11.0. The van der Waals surface area contributed by atoms with Crippen molar-refractivity contribution in [2.75, 3.05) is 13.1 Å². The third-order valence-corrected chi connectivity index (χ3v) is 3.80. The van der Waals surface area contributed by atoms with Crippen LogP contribution in [0.1, 0.15) is 51.5 Å². The zero-order chi connectivity index (χ0) is 15.0. The molecule has 0 bridgehead atoms. The van der Waals surface area contributed by atoms with Gasteiger partial charge >= 0.3 is 5.97 Å². The lowest BCUT2D eigenvalue weighted by atomic mass is 9.89. The number of nitrogens with one attached hydrogen (secondary N) is 1. The predicted octanol–water partition coefficient (Wildman–Crippen LogP) is 3.66. The molecular formula is C17H27NO2. The Bertz CT molecular complexity index is 401. The van der Waals surface area contributed by atoms with Gasteiger partial charge in [0.1, 0.15) is 0 Å². The molecule has 0 aliphatic carbocycles. The second-order valence-electron chi connectivity index (χ2n) is 6.04. The van der Waals surface area contributed by atoms with Gasteiger partial charge in [0.25, 0.3) is 0 Å². The highest BCUT2D eigenvalue weighted by Gasteiger charge is 2.26. The van der Waals surface area contributed by atoms with Crippen molar-refractivity contribution in [3.8, 4) is 0 Å². The molecule has 3 heteroatoms. The molecule has 0 amide bonds. The van der Waals surface area contributed by atoms with Gasteiger partial charge in [-0.1, -0.05) is 43.7 Å². The summed E-state index contributed by atoms with van der Waals surface area (Å²) in [6, 6.07) is 10.5. The molecule has 3 nitrogen and oxygen atoms in total. The first-order valence-electron chi connectivity index (χ1n) is 7.46. The van der Waals surface area contributed by atoms with Crippen LogP contribution in [-0.2, 0) is 4.79 Å². The Morgan fingerprint density at radius 2 is 1.95 bits per heavy atom. The van der Waals surface area contributed by atoms with E-state index in [2.05, 4.69) is 36.5 Å². The van der Waals surface area contributed by atoms with Crippen molar-refractivity contribution in [3.05, 3.63) is 35.9 Å². The molecule has 0 fully saturated rings. The highest BCUT2D eigenvalue weighted by molar-refractivity contribution is 5.73. The maximum atomic E-state index is 11.0. The molecule has 1 atom stereocenters. The van der Waals surface area contributed by atoms with E-state index in [0.717, 1.165) is 25.9 Å². The first-order chi connectivity index (χ1) is 9.47. The SMILES string of the molecule is CCCC(CNCCC(C)(C)C(=O)O)c1ccccc1. The predicted molar refractivity (Wildman–Crippen MR) is 83.0 cm³/mol. The van der Waals surface area contributed by atoms with Gasteiger partial charge in [-0.2, -0.15) is 0 Å². The molecule has 1 rings (SSSR count). The molecule has 1 aromatic rings. The fourth-order valence-electron chi connectivity index (χ4n) is 2.24. The van der Waals surface area contributed by atoms with Crippen molar-refractivity contribution in [2.45, 2.75) is 46.0 Å². The van der Waals surface area contributed by atoms with Crippen molar-refractivity contribution in [1.29, 1.82) is 0 Å². The Hall–Kier alpha value is -1.35. The smallest absolute Gasteiger partial charge is 0.309 e. The van der Waals surface area contributed by atoms with E-state index in [-0.39, 0.29) is 0 Å². The topological polar surface area (TPSA) is 49.3 Å². The molecule has 0 radical (unpaired) electrons. The van der Waals surface area contributed by atoms with Gasteiger partial charge in [-0.25, -0.2) is 0 Å².